The third kappa shape index (κ3) is 3.07. The first-order valence-electron chi connectivity index (χ1n) is 7.85. The fourth-order valence-electron chi connectivity index (χ4n) is 3.31. The van der Waals surface area contributed by atoms with Gasteiger partial charge in [0.1, 0.15) is 11.5 Å². The van der Waals surface area contributed by atoms with Crippen molar-refractivity contribution in [2.75, 3.05) is 13.6 Å². The minimum atomic E-state index is -0.283. The molecular weight excluding hydrogens is 296 g/mol. The number of hydrogen-bond donors (Lipinski definition) is 3. The minimum absolute atomic E-state index is 0.0854. The van der Waals surface area contributed by atoms with Crippen molar-refractivity contribution in [2.24, 2.45) is 7.05 Å². The molecule has 0 unspecified atom stereocenters. The molecule has 23 heavy (non-hydrogen) atoms. The highest BCUT2D eigenvalue weighted by Crippen LogP contribution is 2.32. The zero-order valence-corrected chi connectivity index (χ0v) is 13.4. The number of amides is 1. The summed E-state index contributed by atoms with van der Waals surface area (Å²) in [7, 11) is 3.55. The van der Waals surface area contributed by atoms with Gasteiger partial charge < -0.3 is 9.88 Å². The maximum atomic E-state index is 11.9. The van der Waals surface area contributed by atoms with E-state index in [4.69, 9.17) is 0 Å². The van der Waals surface area contributed by atoms with Crippen molar-refractivity contribution in [2.45, 2.75) is 31.8 Å². The van der Waals surface area contributed by atoms with Gasteiger partial charge in [-0.05, 0) is 31.5 Å². The summed E-state index contributed by atoms with van der Waals surface area (Å²) in [5, 5.41) is 9.07. The number of H-pyrrole nitrogens is 2. The summed E-state index contributed by atoms with van der Waals surface area (Å²) >= 11 is 0. The normalized spacial score (nSPS) is 19.0. The van der Waals surface area contributed by atoms with Crippen LogP contribution < -0.4 is 11.0 Å². The van der Waals surface area contributed by atoms with E-state index < -0.39 is 0 Å². The number of hydrogen-bond acceptors (Lipinski definition) is 4. The van der Waals surface area contributed by atoms with Gasteiger partial charge in [0.05, 0.1) is 12.6 Å². The highest BCUT2D eigenvalue weighted by molar-refractivity contribution is 5.92. The van der Waals surface area contributed by atoms with Crippen molar-refractivity contribution in [1.29, 1.82) is 0 Å². The molecule has 1 fully saturated rings. The van der Waals surface area contributed by atoms with Crippen LogP contribution in [0.4, 0.5) is 0 Å². The third-order valence-electron chi connectivity index (χ3n) is 4.48. The molecule has 1 saturated heterocycles. The predicted octanol–water partition coefficient (Wildman–Crippen LogP) is 0.523. The Labute approximate surface area is 133 Å². The molecule has 2 aromatic heterocycles. The van der Waals surface area contributed by atoms with E-state index in [1.54, 1.807) is 7.05 Å². The van der Waals surface area contributed by atoms with Crippen molar-refractivity contribution in [3.05, 3.63) is 39.8 Å². The molecule has 3 rings (SSSR count). The van der Waals surface area contributed by atoms with E-state index in [1.807, 2.05) is 23.7 Å². The van der Waals surface area contributed by atoms with E-state index in [2.05, 4.69) is 25.4 Å². The van der Waals surface area contributed by atoms with Gasteiger partial charge in [-0.15, -0.1) is 0 Å². The van der Waals surface area contributed by atoms with Crippen molar-refractivity contribution < 1.29 is 4.79 Å². The second-order valence-corrected chi connectivity index (χ2v) is 5.89. The largest absolute Gasteiger partial charge is 0.354 e. The van der Waals surface area contributed by atoms with Crippen LogP contribution in [-0.4, -0.2) is 44.1 Å². The second kappa shape index (κ2) is 6.41. The van der Waals surface area contributed by atoms with E-state index in [0.717, 1.165) is 31.5 Å². The molecule has 0 spiro atoms. The molecule has 0 aliphatic carbocycles. The lowest BCUT2D eigenvalue weighted by atomic mass is 9.99. The van der Waals surface area contributed by atoms with Crippen LogP contribution >= 0.6 is 0 Å². The van der Waals surface area contributed by atoms with Crippen LogP contribution in [0.5, 0.6) is 0 Å². The van der Waals surface area contributed by atoms with Crippen LogP contribution in [0.25, 0.3) is 0 Å². The van der Waals surface area contributed by atoms with Crippen LogP contribution in [0.15, 0.2) is 16.9 Å². The van der Waals surface area contributed by atoms with Gasteiger partial charge in [0.25, 0.3) is 5.91 Å². The van der Waals surface area contributed by atoms with Gasteiger partial charge in [0, 0.05) is 19.8 Å². The number of carbonyl (C=O) groups is 1. The number of nitrogens with zero attached hydrogens (tertiary/aromatic N) is 3. The van der Waals surface area contributed by atoms with Crippen molar-refractivity contribution in [3.8, 4) is 0 Å². The molecule has 1 amide bonds. The SMILES string of the molecule is CNC(=O)c1ccc([C@H]2CCCCN2Cc2n[nH]c(=O)[nH]2)n1C. The summed E-state index contributed by atoms with van der Waals surface area (Å²) in [5.41, 5.74) is 1.48. The number of rotatable bonds is 4. The molecule has 0 radical (unpaired) electrons. The van der Waals surface area contributed by atoms with Crippen LogP contribution in [0.3, 0.4) is 0 Å². The minimum Gasteiger partial charge on any atom is -0.354 e. The Morgan fingerprint density at radius 1 is 1.43 bits per heavy atom. The number of piperidine rings is 1. The first-order chi connectivity index (χ1) is 11.1. The first-order valence-corrected chi connectivity index (χ1v) is 7.85. The lowest BCUT2D eigenvalue weighted by Gasteiger charge is -2.35. The second-order valence-electron chi connectivity index (χ2n) is 5.89. The molecule has 8 nitrogen and oxygen atoms in total. The summed E-state index contributed by atoms with van der Waals surface area (Å²) < 4.78 is 1.95. The van der Waals surface area contributed by atoms with Crippen molar-refractivity contribution in [3.63, 3.8) is 0 Å². The fourth-order valence-corrected chi connectivity index (χ4v) is 3.31. The Morgan fingerprint density at radius 2 is 2.26 bits per heavy atom. The summed E-state index contributed by atoms with van der Waals surface area (Å²) in [6, 6.07) is 4.09. The summed E-state index contributed by atoms with van der Waals surface area (Å²) in [6.07, 6.45) is 3.30. The van der Waals surface area contributed by atoms with Crippen LogP contribution in [0.1, 0.15) is 47.3 Å². The van der Waals surface area contributed by atoms with Crippen LogP contribution in [0, 0.1) is 0 Å². The molecule has 3 N–H and O–H groups in total. The molecule has 0 aromatic carbocycles. The topological polar surface area (TPSA) is 98.8 Å². The molecule has 8 heteroatoms. The number of carbonyl (C=O) groups excluding carboxylic acids is 1. The van der Waals surface area contributed by atoms with Crippen molar-refractivity contribution in [1.82, 2.24) is 30.0 Å². The molecule has 3 heterocycles. The Balaban J connectivity index is 1.85. The van der Waals surface area contributed by atoms with Gasteiger partial charge in [0.15, 0.2) is 0 Å². The molecule has 124 valence electrons. The summed E-state index contributed by atoms with van der Waals surface area (Å²) in [6.45, 7) is 1.53. The Hall–Kier alpha value is -2.35. The zero-order chi connectivity index (χ0) is 16.4. The Morgan fingerprint density at radius 3 is 2.96 bits per heavy atom. The average molecular weight is 318 g/mol. The molecular formula is C15H22N6O2. The standard InChI is InChI=1S/C15H22N6O2/c1-16-14(22)12-7-6-10(20(12)2)11-5-3-4-8-21(11)9-13-17-15(23)19-18-13/h6-7,11H,3-5,8-9H2,1-2H3,(H,16,22)(H2,17,18,19,23)/t11-/m1/s1. The maximum absolute atomic E-state index is 11.9. The van der Waals surface area contributed by atoms with Crippen LogP contribution in [-0.2, 0) is 13.6 Å². The molecule has 2 aromatic rings. The molecule has 1 aliphatic heterocycles. The van der Waals surface area contributed by atoms with Gasteiger partial charge in [-0.25, -0.2) is 9.89 Å². The molecule has 1 aliphatic rings. The highest BCUT2D eigenvalue weighted by Gasteiger charge is 2.28. The predicted molar refractivity (Wildman–Crippen MR) is 85.0 cm³/mol. The Kier molecular flexibility index (Phi) is 4.33. The third-order valence-corrected chi connectivity index (χ3v) is 4.48. The molecule has 0 bridgehead atoms. The van der Waals surface area contributed by atoms with Gasteiger partial charge >= 0.3 is 5.69 Å². The smallest absolute Gasteiger partial charge is 0.340 e. The fraction of sp³-hybridized carbons (Fsp3) is 0.533. The summed E-state index contributed by atoms with van der Waals surface area (Å²) in [5.74, 6) is 0.556. The van der Waals surface area contributed by atoms with E-state index in [0.29, 0.717) is 18.1 Å². The maximum Gasteiger partial charge on any atom is 0.340 e. The van der Waals surface area contributed by atoms with Crippen LogP contribution in [0.2, 0.25) is 0 Å². The number of aromatic nitrogens is 4. The number of likely N-dealkylation sites (tertiary alicyclic amines) is 1. The van der Waals surface area contributed by atoms with Gasteiger partial charge in [-0.2, -0.15) is 5.10 Å². The van der Waals surface area contributed by atoms with Gasteiger partial charge in [-0.3, -0.25) is 14.7 Å². The monoisotopic (exact) mass is 318 g/mol. The van der Waals surface area contributed by atoms with E-state index in [-0.39, 0.29) is 17.6 Å². The average Bonchev–Trinajstić information content (AvgIpc) is 3.13. The van der Waals surface area contributed by atoms with E-state index in [1.165, 1.54) is 0 Å². The lowest BCUT2D eigenvalue weighted by molar-refractivity contribution is 0.0952. The number of nitrogens with one attached hydrogen (secondary N) is 3. The molecule has 1 atom stereocenters. The quantitative estimate of drug-likeness (QED) is 0.765. The number of aromatic amines is 2. The van der Waals surface area contributed by atoms with Gasteiger partial charge in [0.2, 0.25) is 0 Å². The zero-order valence-electron chi connectivity index (χ0n) is 13.4. The van der Waals surface area contributed by atoms with Crippen molar-refractivity contribution >= 4 is 5.91 Å². The lowest BCUT2D eigenvalue weighted by Crippen LogP contribution is -2.34. The highest BCUT2D eigenvalue weighted by atomic mass is 16.2. The Bertz CT molecular complexity index is 743. The van der Waals surface area contributed by atoms with E-state index in [9.17, 15) is 9.59 Å². The van der Waals surface area contributed by atoms with Gasteiger partial charge in [-0.1, -0.05) is 6.42 Å². The summed E-state index contributed by atoms with van der Waals surface area (Å²) in [4.78, 5) is 28.1. The first kappa shape index (κ1) is 15.5. The van der Waals surface area contributed by atoms with E-state index >= 15 is 0 Å². The molecule has 0 saturated carbocycles.